The highest BCUT2D eigenvalue weighted by atomic mass is 35.5. The van der Waals surface area contributed by atoms with Crippen molar-refractivity contribution >= 4 is 23.2 Å². The lowest BCUT2D eigenvalue weighted by Crippen LogP contribution is -2.49. The van der Waals surface area contributed by atoms with E-state index >= 15 is 0 Å². The summed E-state index contributed by atoms with van der Waals surface area (Å²) in [5, 5.41) is 9.33. The van der Waals surface area contributed by atoms with Gasteiger partial charge in [0.1, 0.15) is 0 Å². The average molecular weight is 341 g/mol. The standard InChI is InChI=1S/C15H18Cl2N4O/c1-10-8-20(2)5-6-21(10)9-14-18-19-15(22-14)12-4-3-11(16)7-13(12)17/h3-4,7,10H,5-6,8-9H2,1-2H3/t10-/m1/s1. The Balaban J connectivity index is 1.74. The van der Waals surface area contributed by atoms with Crippen molar-refractivity contribution in [3.05, 3.63) is 34.1 Å². The second-order valence-electron chi connectivity index (χ2n) is 5.71. The van der Waals surface area contributed by atoms with E-state index in [0.717, 1.165) is 19.6 Å². The van der Waals surface area contributed by atoms with E-state index in [0.29, 0.717) is 40.0 Å². The van der Waals surface area contributed by atoms with Crippen molar-refractivity contribution in [3.63, 3.8) is 0 Å². The van der Waals surface area contributed by atoms with Gasteiger partial charge in [0.25, 0.3) is 0 Å². The Bertz CT molecular complexity index is 661. The quantitative estimate of drug-likeness (QED) is 0.858. The fourth-order valence-corrected chi connectivity index (χ4v) is 3.16. The molecule has 5 nitrogen and oxygen atoms in total. The number of piperazine rings is 1. The smallest absolute Gasteiger partial charge is 0.249 e. The van der Waals surface area contributed by atoms with Crippen LogP contribution in [-0.4, -0.2) is 52.7 Å². The predicted octanol–water partition coefficient (Wildman–Crippen LogP) is 3.18. The molecule has 0 bridgehead atoms. The van der Waals surface area contributed by atoms with E-state index in [1.165, 1.54) is 0 Å². The van der Waals surface area contributed by atoms with Gasteiger partial charge in [0.15, 0.2) is 0 Å². The van der Waals surface area contributed by atoms with Gasteiger partial charge in [0, 0.05) is 30.7 Å². The van der Waals surface area contributed by atoms with E-state index in [1.807, 2.05) is 0 Å². The van der Waals surface area contributed by atoms with Crippen molar-refractivity contribution in [2.45, 2.75) is 19.5 Å². The summed E-state index contributed by atoms with van der Waals surface area (Å²) in [4.78, 5) is 4.68. The molecule has 1 fully saturated rings. The lowest BCUT2D eigenvalue weighted by atomic mass is 10.2. The van der Waals surface area contributed by atoms with E-state index in [1.54, 1.807) is 18.2 Å². The number of benzene rings is 1. The second-order valence-corrected chi connectivity index (χ2v) is 6.55. The molecule has 3 rings (SSSR count). The fraction of sp³-hybridized carbons (Fsp3) is 0.467. The first-order valence-electron chi connectivity index (χ1n) is 7.23. The van der Waals surface area contributed by atoms with E-state index < -0.39 is 0 Å². The van der Waals surface area contributed by atoms with Crippen molar-refractivity contribution in [2.24, 2.45) is 0 Å². The van der Waals surface area contributed by atoms with Crippen LogP contribution in [0, 0.1) is 0 Å². The number of nitrogens with zero attached hydrogens (tertiary/aromatic N) is 4. The minimum atomic E-state index is 0.429. The zero-order valence-electron chi connectivity index (χ0n) is 12.6. The third kappa shape index (κ3) is 3.43. The lowest BCUT2D eigenvalue weighted by molar-refractivity contribution is 0.0860. The van der Waals surface area contributed by atoms with Crippen LogP contribution in [0.4, 0.5) is 0 Å². The maximum absolute atomic E-state index is 6.18. The molecule has 0 unspecified atom stereocenters. The minimum absolute atomic E-state index is 0.429. The maximum atomic E-state index is 6.18. The highest BCUT2D eigenvalue weighted by molar-refractivity contribution is 6.36. The Morgan fingerprint density at radius 3 is 2.82 bits per heavy atom. The topological polar surface area (TPSA) is 45.4 Å². The first-order chi connectivity index (χ1) is 10.5. The summed E-state index contributed by atoms with van der Waals surface area (Å²) < 4.78 is 5.76. The molecule has 1 saturated heterocycles. The summed E-state index contributed by atoms with van der Waals surface area (Å²) >= 11 is 12.1. The monoisotopic (exact) mass is 340 g/mol. The number of hydrogen-bond donors (Lipinski definition) is 0. The summed E-state index contributed by atoms with van der Waals surface area (Å²) in [6.07, 6.45) is 0. The molecule has 118 valence electrons. The molecule has 1 aliphatic rings. The van der Waals surface area contributed by atoms with E-state index in [-0.39, 0.29) is 0 Å². The van der Waals surface area contributed by atoms with Gasteiger partial charge in [-0.2, -0.15) is 0 Å². The van der Waals surface area contributed by atoms with E-state index in [4.69, 9.17) is 27.6 Å². The second kappa shape index (κ2) is 6.54. The molecule has 7 heteroatoms. The normalized spacial score (nSPS) is 20.5. The number of aromatic nitrogens is 2. The summed E-state index contributed by atoms with van der Waals surface area (Å²) in [6, 6.07) is 5.69. The van der Waals surface area contributed by atoms with Crippen LogP contribution in [0.3, 0.4) is 0 Å². The molecule has 1 aromatic carbocycles. The van der Waals surface area contributed by atoms with Crippen LogP contribution in [-0.2, 0) is 6.54 Å². The van der Waals surface area contributed by atoms with Crippen LogP contribution in [0.15, 0.2) is 22.6 Å². The minimum Gasteiger partial charge on any atom is -0.419 e. The zero-order valence-corrected chi connectivity index (χ0v) is 14.1. The van der Waals surface area contributed by atoms with Gasteiger partial charge in [-0.15, -0.1) is 10.2 Å². The fourth-order valence-electron chi connectivity index (χ4n) is 2.68. The Kier molecular flexibility index (Phi) is 4.68. The van der Waals surface area contributed by atoms with Gasteiger partial charge in [-0.05, 0) is 32.2 Å². The van der Waals surface area contributed by atoms with Crippen LogP contribution in [0.5, 0.6) is 0 Å². The van der Waals surface area contributed by atoms with Crippen molar-refractivity contribution in [1.29, 1.82) is 0 Å². The first-order valence-corrected chi connectivity index (χ1v) is 7.99. The molecule has 0 radical (unpaired) electrons. The lowest BCUT2D eigenvalue weighted by Gasteiger charge is -2.37. The molecule has 1 atom stereocenters. The maximum Gasteiger partial charge on any atom is 0.249 e. The van der Waals surface area contributed by atoms with Gasteiger partial charge < -0.3 is 9.32 Å². The summed E-state index contributed by atoms with van der Waals surface area (Å²) in [7, 11) is 2.14. The number of likely N-dealkylation sites (N-methyl/N-ethyl adjacent to an activating group) is 1. The Hall–Kier alpha value is -1.14. The summed E-state index contributed by atoms with van der Waals surface area (Å²) in [5.41, 5.74) is 0.705. The van der Waals surface area contributed by atoms with Gasteiger partial charge >= 0.3 is 0 Å². The third-order valence-corrected chi connectivity index (χ3v) is 4.48. The number of hydrogen-bond acceptors (Lipinski definition) is 5. The van der Waals surface area contributed by atoms with Crippen LogP contribution in [0.25, 0.3) is 11.5 Å². The molecule has 0 amide bonds. The van der Waals surface area contributed by atoms with E-state index in [2.05, 4.69) is 34.0 Å². The van der Waals surface area contributed by atoms with Gasteiger partial charge in [-0.1, -0.05) is 23.2 Å². The predicted molar refractivity (Wildman–Crippen MR) is 87.1 cm³/mol. The largest absolute Gasteiger partial charge is 0.419 e. The van der Waals surface area contributed by atoms with Crippen molar-refractivity contribution in [2.75, 3.05) is 26.7 Å². The van der Waals surface area contributed by atoms with Crippen LogP contribution >= 0.6 is 23.2 Å². The van der Waals surface area contributed by atoms with Crippen molar-refractivity contribution in [1.82, 2.24) is 20.0 Å². The van der Waals surface area contributed by atoms with Gasteiger partial charge in [-0.3, -0.25) is 4.90 Å². The average Bonchev–Trinajstić information content (AvgIpc) is 2.90. The first kappa shape index (κ1) is 15.7. The summed E-state index contributed by atoms with van der Waals surface area (Å²) in [5.74, 6) is 1.04. The van der Waals surface area contributed by atoms with Crippen LogP contribution in [0.1, 0.15) is 12.8 Å². The molecular formula is C15H18Cl2N4O. The van der Waals surface area contributed by atoms with Crippen LogP contribution < -0.4 is 0 Å². The van der Waals surface area contributed by atoms with Crippen molar-refractivity contribution in [3.8, 4) is 11.5 Å². The van der Waals surface area contributed by atoms with E-state index in [9.17, 15) is 0 Å². The molecule has 0 saturated carbocycles. The summed E-state index contributed by atoms with van der Waals surface area (Å²) in [6.45, 7) is 5.96. The third-order valence-electron chi connectivity index (χ3n) is 3.93. The molecule has 22 heavy (non-hydrogen) atoms. The Morgan fingerprint density at radius 1 is 1.27 bits per heavy atom. The molecule has 1 aromatic heterocycles. The van der Waals surface area contributed by atoms with Crippen molar-refractivity contribution < 1.29 is 4.42 Å². The number of halogens is 2. The molecule has 1 aliphatic heterocycles. The Labute approximate surface area is 139 Å². The van der Waals surface area contributed by atoms with Gasteiger partial charge in [0.05, 0.1) is 17.1 Å². The van der Waals surface area contributed by atoms with Gasteiger partial charge in [-0.25, -0.2) is 0 Å². The van der Waals surface area contributed by atoms with Gasteiger partial charge in [0.2, 0.25) is 11.8 Å². The highest BCUT2D eigenvalue weighted by Crippen LogP contribution is 2.29. The molecule has 0 aliphatic carbocycles. The SMILES string of the molecule is C[C@@H]1CN(C)CCN1Cc1nnc(-c2ccc(Cl)cc2Cl)o1. The number of rotatable bonds is 3. The highest BCUT2D eigenvalue weighted by Gasteiger charge is 2.23. The zero-order chi connectivity index (χ0) is 15.7. The Morgan fingerprint density at radius 2 is 2.09 bits per heavy atom. The molecule has 2 heterocycles. The molecule has 0 N–H and O–H groups in total. The molecule has 2 aromatic rings. The van der Waals surface area contributed by atoms with Crippen LogP contribution in [0.2, 0.25) is 10.0 Å². The molecular weight excluding hydrogens is 323 g/mol. The molecule has 0 spiro atoms.